The van der Waals surface area contributed by atoms with Gasteiger partial charge in [0.2, 0.25) is 5.91 Å². The Balaban J connectivity index is 1.65. The van der Waals surface area contributed by atoms with Crippen LogP contribution in [0.15, 0.2) is 40.3 Å². The van der Waals surface area contributed by atoms with Gasteiger partial charge in [0.15, 0.2) is 5.16 Å². The number of amides is 1. The molecule has 1 aliphatic heterocycles. The number of hydrogen-bond donors (Lipinski definition) is 1. The van der Waals surface area contributed by atoms with E-state index in [1.165, 1.54) is 18.2 Å². The number of carbonyl (C=O) groups is 1. The van der Waals surface area contributed by atoms with Gasteiger partial charge in [0, 0.05) is 12.6 Å². The molecule has 134 valence electrons. The van der Waals surface area contributed by atoms with Crippen LogP contribution >= 0.6 is 11.8 Å². The summed E-state index contributed by atoms with van der Waals surface area (Å²) in [7, 11) is 0. The van der Waals surface area contributed by atoms with Crippen LogP contribution in [0.3, 0.4) is 0 Å². The molecule has 3 rings (SSSR count). The van der Waals surface area contributed by atoms with Crippen LogP contribution < -0.4 is 5.69 Å². The Morgan fingerprint density at radius 1 is 1.32 bits per heavy atom. The van der Waals surface area contributed by atoms with Crippen LogP contribution in [0.5, 0.6) is 0 Å². The molecule has 1 atom stereocenters. The molecule has 1 fully saturated rings. The molecule has 0 radical (unpaired) electrons. The predicted molar refractivity (Wildman–Crippen MR) is 98.8 cm³/mol. The number of benzene rings is 1. The quantitative estimate of drug-likeness (QED) is 0.804. The summed E-state index contributed by atoms with van der Waals surface area (Å²) in [5, 5.41) is 7.14. The predicted octanol–water partition coefficient (Wildman–Crippen LogP) is 2.50. The van der Waals surface area contributed by atoms with E-state index in [0.29, 0.717) is 23.5 Å². The Morgan fingerprint density at radius 2 is 2.12 bits per heavy atom. The van der Waals surface area contributed by atoms with E-state index in [1.807, 2.05) is 35.2 Å². The molecule has 1 saturated heterocycles. The lowest BCUT2D eigenvalue weighted by Crippen LogP contribution is -2.44. The van der Waals surface area contributed by atoms with Crippen molar-refractivity contribution in [2.75, 3.05) is 12.3 Å². The third-order valence-electron chi connectivity index (χ3n) is 4.65. The summed E-state index contributed by atoms with van der Waals surface area (Å²) in [6.45, 7) is 3.43. The Labute approximate surface area is 151 Å². The first-order chi connectivity index (χ1) is 12.2. The minimum absolute atomic E-state index is 0.137. The van der Waals surface area contributed by atoms with Gasteiger partial charge in [-0.1, -0.05) is 49.0 Å². The highest BCUT2D eigenvalue weighted by Gasteiger charge is 2.25. The average molecular weight is 360 g/mol. The minimum Gasteiger partial charge on any atom is -0.339 e. The van der Waals surface area contributed by atoms with Crippen molar-refractivity contribution in [3.63, 3.8) is 0 Å². The Bertz CT molecular complexity index is 756. The fourth-order valence-electron chi connectivity index (χ4n) is 3.28. The van der Waals surface area contributed by atoms with Crippen LogP contribution in [0.1, 0.15) is 38.2 Å². The number of likely N-dealkylation sites (tertiary alicyclic amines) is 1. The molecular formula is C18H24N4O2S. The summed E-state index contributed by atoms with van der Waals surface area (Å²) in [5.74, 6) is 0.452. The normalized spacial score (nSPS) is 17.6. The van der Waals surface area contributed by atoms with Crippen molar-refractivity contribution >= 4 is 17.7 Å². The number of nitrogens with zero attached hydrogens (tertiary/aromatic N) is 3. The van der Waals surface area contributed by atoms with Crippen molar-refractivity contribution in [2.45, 2.75) is 50.4 Å². The standard InChI is InChI=1S/C18H24N4O2S/c1-2-15-10-6-7-11-21(15)16(23)13-25-18-20-19-17(24)22(18)12-14-8-4-3-5-9-14/h3-5,8-9,15H,2,6-7,10-13H2,1H3,(H,19,24). The lowest BCUT2D eigenvalue weighted by molar-refractivity contribution is -0.132. The van der Waals surface area contributed by atoms with Gasteiger partial charge in [-0.2, -0.15) is 0 Å². The van der Waals surface area contributed by atoms with Gasteiger partial charge in [-0.05, 0) is 31.2 Å². The van der Waals surface area contributed by atoms with E-state index in [1.54, 1.807) is 4.57 Å². The van der Waals surface area contributed by atoms with E-state index in [4.69, 9.17) is 0 Å². The number of rotatable bonds is 6. The number of hydrogen-bond acceptors (Lipinski definition) is 4. The van der Waals surface area contributed by atoms with Gasteiger partial charge in [-0.3, -0.25) is 9.36 Å². The highest BCUT2D eigenvalue weighted by atomic mass is 32.2. The van der Waals surface area contributed by atoms with Crippen LogP contribution in [0.25, 0.3) is 0 Å². The lowest BCUT2D eigenvalue weighted by Gasteiger charge is -2.35. The van der Waals surface area contributed by atoms with E-state index in [9.17, 15) is 9.59 Å². The summed E-state index contributed by atoms with van der Waals surface area (Å²) in [6, 6.07) is 10.1. The Morgan fingerprint density at radius 3 is 2.88 bits per heavy atom. The van der Waals surface area contributed by atoms with Crippen molar-refractivity contribution in [3.8, 4) is 0 Å². The smallest absolute Gasteiger partial charge is 0.339 e. The van der Waals surface area contributed by atoms with Crippen LogP contribution in [0, 0.1) is 0 Å². The summed E-state index contributed by atoms with van der Waals surface area (Å²) < 4.78 is 1.58. The van der Waals surface area contributed by atoms with E-state index < -0.39 is 0 Å². The zero-order valence-corrected chi connectivity index (χ0v) is 15.3. The first kappa shape index (κ1) is 17.8. The van der Waals surface area contributed by atoms with Crippen molar-refractivity contribution in [1.29, 1.82) is 0 Å². The number of carbonyl (C=O) groups excluding carboxylic acids is 1. The van der Waals surface area contributed by atoms with E-state index in [2.05, 4.69) is 17.1 Å². The molecule has 25 heavy (non-hydrogen) atoms. The molecule has 1 aliphatic rings. The molecule has 1 unspecified atom stereocenters. The molecule has 2 aromatic rings. The second-order valence-corrected chi connectivity index (χ2v) is 7.26. The molecule has 1 N–H and O–H groups in total. The van der Waals surface area contributed by atoms with Crippen molar-refractivity contribution in [3.05, 3.63) is 46.4 Å². The maximum absolute atomic E-state index is 12.6. The average Bonchev–Trinajstić information content (AvgIpc) is 3.00. The Hall–Kier alpha value is -2.02. The zero-order chi connectivity index (χ0) is 17.6. The molecular weight excluding hydrogens is 336 g/mol. The number of H-pyrrole nitrogens is 1. The maximum Gasteiger partial charge on any atom is 0.344 e. The fraction of sp³-hybridized carbons (Fsp3) is 0.500. The highest BCUT2D eigenvalue weighted by molar-refractivity contribution is 7.99. The number of aromatic nitrogens is 3. The Kier molecular flexibility index (Phi) is 5.96. The van der Waals surface area contributed by atoms with Gasteiger partial charge < -0.3 is 4.90 Å². The molecule has 2 heterocycles. The molecule has 1 aromatic heterocycles. The van der Waals surface area contributed by atoms with Crippen molar-refractivity contribution < 1.29 is 4.79 Å². The molecule has 0 saturated carbocycles. The number of nitrogens with one attached hydrogen (secondary N) is 1. The van der Waals surface area contributed by atoms with Crippen molar-refractivity contribution in [1.82, 2.24) is 19.7 Å². The molecule has 0 aliphatic carbocycles. The summed E-state index contributed by atoms with van der Waals surface area (Å²) in [5.41, 5.74) is 0.782. The van der Waals surface area contributed by atoms with Gasteiger partial charge >= 0.3 is 5.69 Å². The van der Waals surface area contributed by atoms with Gasteiger partial charge in [-0.15, -0.1) is 5.10 Å². The molecule has 7 heteroatoms. The number of aromatic amines is 1. The number of piperidine rings is 1. The fourth-order valence-corrected chi connectivity index (χ4v) is 4.11. The first-order valence-electron chi connectivity index (χ1n) is 8.80. The maximum atomic E-state index is 12.6. The summed E-state index contributed by atoms with van der Waals surface area (Å²) in [6.07, 6.45) is 4.37. The third-order valence-corrected chi connectivity index (χ3v) is 5.61. The van der Waals surface area contributed by atoms with E-state index in [-0.39, 0.29) is 11.6 Å². The lowest BCUT2D eigenvalue weighted by atomic mass is 10.0. The molecule has 0 spiro atoms. The monoisotopic (exact) mass is 360 g/mol. The van der Waals surface area contributed by atoms with Crippen molar-refractivity contribution in [2.24, 2.45) is 0 Å². The van der Waals surface area contributed by atoms with Gasteiger partial charge in [0.1, 0.15) is 0 Å². The van der Waals surface area contributed by atoms with Gasteiger partial charge in [-0.25, -0.2) is 9.89 Å². The van der Waals surface area contributed by atoms with Crippen LogP contribution in [0.4, 0.5) is 0 Å². The number of thioether (sulfide) groups is 1. The molecule has 0 bridgehead atoms. The molecule has 6 nitrogen and oxygen atoms in total. The minimum atomic E-state index is -0.247. The van der Waals surface area contributed by atoms with Gasteiger partial charge in [0.25, 0.3) is 0 Å². The topological polar surface area (TPSA) is 71.0 Å². The zero-order valence-electron chi connectivity index (χ0n) is 14.5. The summed E-state index contributed by atoms with van der Waals surface area (Å²) >= 11 is 1.33. The SMILES string of the molecule is CCC1CCCCN1C(=O)CSc1n[nH]c(=O)n1Cc1ccccc1. The first-order valence-corrected chi connectivity index (χ1v) is 9.79. The van der Waals surface area contributed by atoms with Gasteiger partial charge in [0.05, 0.1) is 12.3 Å². The second kappa shape index (κ2) is 8.38. The largest absolute Gasteiger partial charge is 0.344 e. The molecule has 1 aromatic carbocycles. The third kappa shape index (κ3) is 4.34. The van der Waals surface area contributed by atoms with E-state index >= 15 is 0 Å². The van der Waals surface area contributed by atoms with Crippen LogP contribution in [0.2, 0.25) is 0 Å². The van der Waals surface area contributed by atoms with E-state index in [0.717, 1.165) is 31.4 Å². The van der Waals surface area contributed by atoms with Crippen LogP contribution in [-0.2, 0) is 11.3 Å². The second-order valence-electron chi connectivity index (χ2n) is 6.32. The highest BCUT2D eigenvalue weighted by Crippen LogP contribution is 2.22. The molecule has 1 amide bonds. The summed E-state index contributed by atoms with van der Waals surface area (Å²) in [4.78, 5) is 26.6. The van der Waals surface area contributed by atoms with Crippen LogP contribution in [-0.4, -0.2) is 43.9 Å².